The van der Waals surface area contributed by atoms with Crippen LogP contribution < -0.4 is 10.6 Å². The van der Waals surface area contributed by atoms with Crippen LogP contribution in [0.1, 0.15) is 37.1 Å². The summed E-state index contributed by atoms with van der Waals surface area (Å²) in [5.74, 6) is 1.52. The van der Waals surface area contributed by atoms with Gasteiger partial charge in [0.1, 0.15) is 0 Å². The van der Waals surface area contributed by atoms with E-state index in [1.54, 1.807) is 7.05 Å². The summed E-state index contributed by atoms with van der Waals surface area (Å²) in [6.07, 6.45) is 4.26. The Hall–Kier alpha value is -1.60. The van der Waals surface area contributed by atoms with E-state index >= 15 is 0 Å². The molecule has 2 N–H and O–H groups in total. The molecular formula is C19H35N5O2. The average molecular weight is 366 g/mol. The molecule has 0 aliphatic carbocycles. The first-order valence-electron chi connectivity index (χ1n) is 9.80. The molecule has 26 heavy (non-hydrogen) atoms. The third-order valence-corrected chi connectivity index (χ3v) is 4.62. The molecule has 0 unspecified atom stereocenters. The molecular weight excluding hydrogens is 330 g/mol. The van der Waals surface area contributed by atoms with Crippen LogP contribution in [0.4, 0.5) is 0 Å². The number of nitrogens with zero attached hydrogens (tertiary/aromatic N) is 3. The Morgan fingerprint density at radius 2 is 2.00 bits per heavy atom. The van der Waals surface area contributed by atoms with Gasteiger partial charge in [0.15, 0.2) is 5.96 Å². The molecule has 1 aliphatic heterocycles. The molecule has 7 heteroatoms. The van der Waals surface area contributed by atoms with E-state index in [2.05, 4.69) is 38.4 Å². The van der Waals surface area contributed by atoms with Crippen LogP contribution >= 0.6 is 0 Å². The molecule has 1 fully saturated rings. The Bertz CT molecular complexity index is 538. The minimum absolute atomic E-state index is 0.674. The van der Waals surface area contributed by atoms with E-state index in [0.29, 0.717) is 5.92 Å². The van der Waals surface area contributed by atoms with Gasteiger partial charge in [-0.3, -0.25) is 9.67 Å². The van der Waals surface area contributed by atoms with E-state index in [1.807, 2.05) is 6.92 Å². The van der Waals surface area contributed by atoms with Crippen LogP contribution in [0.5, 0.6) is 0 Å². The van der Waals surface area contributed by atoms with Gasteiger partial charge in [-0.2, -0.15) is 5.10 Å². The van der Waals surface area contributed by atoms with Crippen LogP contribution in [-0.2, 0) is 16.0 Å². The summed E-state index contributed by atoms with van der Waals surface area (Å²) in [5.41, 5.74) is 2.29. The summed E-state index contributed by atoms with van der Waals surface area (Å²) in [7, 11) is 1.80. The van der Waals surface area contributed by atoms with Crippen molar-refractivity contribution in [1.82, 2.24) is 20.4 Å². The smallest absolute Gasteiger partial charge is 0.190 e. The minimum Gasteiger partial charge on any atom is -0.381 e. The van der Waals surface area contributed by atoms with Crippen molar-refractivity contribution in [2.45, 2.75) is 46.1 Å². The molecule has 0 bridgehead atoms. The number of guanidine groups is 1. The van der Waals surface area contributed by atoms with Crippen LogP contribution in [-0.4, -0.2) is 62.3 Å². The standard InChI is InChI=1S/C19H35N5O2/c1-16-14-17(2)24(23-16)10-4-8-21-19(20-3)22-9-5-11-26-15-18-6-12-25-13-7-18/h14,18H,4-13,15H2,1-3H3,(H2,20,21,22). The highest BCUT2D eigenvalue weighted by molar-refractivity contribution is 5.79. The third-order valence-electron chi connectivity index (χ3n) is 4.62. The number of hydrogen-bond acceptors (Lipinski definition) is 4. The maximum atomic E-state index is 5.78. The van der Waals surface area contributed by atoms with E-state index in [-0.39, 0.29) is 0 Å². The van der Waals surface area contributed by atoms with E-state index in [9.17, 15) is 0 Å². The third kappa shape index (κ3) is 7.74. The maximum Gasteiger partial charge on any atom is 0.190 e. The average Bonchev–Trinajstić information content (AvgIpc) is 2.97. The van der Waals surface area contributed by atoms with Crippen molar-refractivity contribution in [3.63, 3.8) is 0 Å². The van der Waals surface area contributed by atoms with Gasteiger partial charge in [0, 0.05) is 58.8 Å². The van der Waals surface area contributed by atoms with Crippen molar-refractivity contribution >= 4 is 5.96 Å². The Kier molecular flexibility index (Phi) is 9.48. The monoisotopic (exact) mass is 365 g/mol. The minimum atomic E-state index is 0.674. The SMILES string of the molecule is CN=C(NCCCOCC1CCOCC1)NCCCn1nc(C)cc1C. The molecule has 1 aliphatic rings. The molecule has 148 valence electrons. The Morgan fingerprint density at radius 3 is 2.65 bits per heavy atom. The van der Waals surface area contributed by atoms with Crippen LogP contribution in [0.2, 0.25) is 0 Å². The molecule has 1 saturated heterocycles. The Labute approximate surface area is 157 Å². The van der Waals surface area contributed by atoms with Crippen molar-refractivity contribution in [3.05, 3.63) is 17.5 Å². The number of nitrogens with one attached hydrogen (secondary N) is 2. The van der Waals surface area contributed by atoms with Gasteiger partial charge in [0.05, 0.1) is 5.69 Å². The highest BCUT2D eigenvalue weighted by Crippen LogP contribution is 2.14. The van der Waals surface area contributed by atoms with Crippen LogP contribution in [0.3, 0.4) is 0 Å². The van der Waals surface area contributed by atoms with Crippen LogP contribution in [0.25, 0.3) is 0 Å². The quantitative estimate of drug-likeness (QED) is 0.376. The summed E-state index contributed by atoms with van der Waals surface area (Å²) in [6, 6.07) is 2.11. The second kappa shape index (κ2) is 11.9. The molecule has 1 aromatic heterocycles. The Balaban J connectivity index is 1.47. The normalized spacial score (nSPS) is 16.0. The fourth-order valence-corrected chi connectivity index (χ4v) is 3.10. The van der Waals surface area contributed by atoms with Crippen molar-refractivity contribution in [3.8, 4) is 0 Å². The first-order chi connectivity index (χ1) is 12.7. The number of aromatic nitrogens is 2. The number of aliphatic imine (C=N–C) groups is 1. The zero-order chi connectivity index (χ0) is 18.6. The predicted molar refractivity (Wildman–Crippen MR) is 105 cm³/mol. The van der Waals surface area contributed by atoms with Gasteiger partial charge in [-0.1, -0.05) is 0 Å². The molecule has 0 atom stereocenters. The maximum absolute atomic E-state index is 5.78. The lowest BCUT2D eigenvalue weighted by Crippen LogP contribution is -2.38. The van der Waals surface area contributed by atoms with E-state index in [1.165, 1.54) is 5.69 Å². The lowest BCUT2D eigenvalue weighted by Gasteiger charge is -2.21. The predicted octanol–water partition coefficient (Wildman–Crippen LogP) is 1.89. The van der Waals surface area contributed by atoms with Crippen molar-refractivity contribution < 1.29 is 9.47 Å². The molecule has 2 heterocycles. The van der Waals surface area contributed by atoms with Crippen molar-refractivity contribution in [2.24, 2.45) is 10.9 Å². The highest BCUT2D eigenvalue weighted by atomic mass is 16.5. The number of hydrogen-bond donors (Lipinski definition) is 2. The molecule has 0 radical (unpaired) electrons. The van der Waals surface area contributed by atoms with Gasteiger partial charge >= 0.3 is 0 Å². The van der Waals surface area contributed by atoms with Crippen molar-refractivity contribution in [1.29, 1.82) is 0 Å². The molecule has 0 amide bonds. The van der Waals surface area contributed by atoms with Gasteiger partial charge in [-0.25, -0.2) is 0 Å². The number of rotatable bonds is 10. The molecule has 0 aromatic carbocycles. The fourth-order valence-electron chi connectivity index (χ4n) is 3.10. The van der Waals surface area contributed by atoms with E-state index in [4.69, 9.17) is 9.47 Å². The zero-order valence-corrected chi connectivity index (χ0v) is 16.6. The van der Waals surface area contributed by atoms with Crippen molar-refractivity contribution in [2.75, 3.05) is 46.6 Å². The summed E-state index contributed by atoms with van der Waals surface area (Å²) in [5, 5.41) is 11.2. The number of aryl methyl sites for hydroxylation is 3. The number of ether oxygens (including phenoxy) is 2. The van der Waals surface area contributed by atoms with Gasteiger partial charge < -0.3 is 20.1 Å². The van der Waals surface area contributed by atoms with Gasteiger partial charge in [-0.05, 0) is 51.5 Å². The second-order valence-electron chi connectivity index (χ2n) is 6.91. The summed E-state index contributed by atoms with van der Waals surface area (Å²) in [4.78, 5) is 4.26. The van der Waals surface area contributed by atoms with Gasteiger partial charge in [-0.15, -0.1) is 0 Å². The second-order valence-corrected chi connectivity index (χ2v) is 6.91. The molecule has 0 spiro atoms. The Morgan fingerprint density at radius 1 is 1.27 bits per heavy atom. The fraction of sp³-hybridized carbons (Fsp3) is 0.789. The molecule has 1 aromatic rings. The van der Waals surface area contributed by atoms with Gasteiger partial charge in [0.25, 0.3) is 0 Å². The lowest BCUT2D eigenvalue weighted by molar-refractivity contribution is 0.0203. The summed E-state index contributed by atoms with van der Waals surface area (Å²) in [6.45, 7) is 10.2. The highest BCUT2D eigenvalue weighted by Gasteiger charge is 2.13. The molecule has 2 rings (SSSR count). The zero-order valence-electron chi connectivity index (χ0n) is 16.6. The lowest BCUT2D eigenvalue weighted by atomic mass is 10.0. The van der Waals surface area contributed by atoms with E-state index in [0.717, 1.165) is 83.4 Å². The first kappa shape index (κ1) is 20.7. The van der Waals surface area contributed by atoms with E-state index < -0.39 is 0 Å². The van der Waals surface area contributed by atoms with Crippen LogP contribution in [0, 0.1) is 19.8 Å². The largest absolute Gasteiger partial charge is 0.381 e. The molecule has 7 nitrogen and oxygen atoms in total. The summed E-state index contributed by atoms with van der Waals surface area (Å²) < 4.78 is 13.2. The summed E-state index contributed by atoms with van der Waals surface area (Å²) >= 11 is 0. The van der Waals surface area contributed by atoms with Crippen LogP contribution in [0.15, 0.2) is 11.1 Å². The topological polar surface area (TPSA) is 72.7 Å². The van der Waals surface area contributed by atoms with Gasteiger partial charge in [0.2, 0.25) is 0 Å². The molecule has 0 saturated carbocycles. The first-order valence-corrected chi connectivity index (χ1v) is 9.80.